The van der Waals surface area contributed by atoms with E-state index in [0.717, 1.165) is 15.4 Å². The van der Waals surface area contributed by atoms with Gasteiger partial charge in [0.1, 0.15) is 12.6 Å². The summed E-state index contributed by atoms with van der Waals surface area (Å²) >= 11 is 6.38. The van der Waals surface area contributed by atoms with Crippen molar-refractivity contribution in [1.82, 2.24) is 10.2 Å². The van der Waals surface area contributed by atoms with E-state index in [9.17, 15) is 18.0 Å². The Balaban J connectivity index is 2.03. The molecule has 3 rings (SSSR count). The van der Waals surface area contributed by atoms with Gasteiger partial charge in [0.15, 0.2) is 0 Å². The molecule has 7 nitrogen and oxygen atoms in total. The van der Waals surface area contributed by atoms with Gasteiger partial charge in [0.25, 0.3) is 10.0 Å². The van der Waals surface area contributed by atoms with Crippen LogP contribution in [0, 0.1) is 13.8 Å². The van der Waals surface area contributed by atoms with Gasteiger partial charge in [0, 0.05) is 17.1 Å². The molecule has 0 aromatic heterocycles. The van der Waals surface area contributed by atoms with Crippen molar-refractivity contribution >= 4 is 39.1 Å². The number of carbonyl (C=O) groups excluding carboxylic acids is 2. The Labute approximate surface area is 243 Å². The van der Waals surface area contributed by atoms with Crippen molar-refractivity contribution in [2.24, 2.45) is 0 Å². The van der Waals surface area contributed by atoms with Gasteiger partial charge in [-0.25, -0.2) is 8.42 Å². The topological polar surface area (TPSA) is 86.8 Å². The predicted molar refractivity (Wildman–Crippen MR) is 161 cm³/mol. The predicted octanol–water partition coefficient (Wildman–Crippen LogP) is 5.53. The molecule has 0 spiro atoms. The van der Waals surface area contributed by atoms with Crippen molar-refractivity contribution in [2.45, 2.75) is 64.4 Å². The van der Waals surface area contributed by atoms with Crippen LogP contribution in [0.3, 0.4) is 0 Å². The lowest BCUT2D eigenvalue weighted by molar-refractivity contribution is -0.139. The zero-order chi connectivity index (χ0) is 29.7. The van der Waals surface area contributed by atoms with Gasteiger partial charge < -0.3 is 10.2 Å². The van der Waals surface area contributed by atoms with Gasteiger partial charge in [-0.1, -0.05) is 65.7 Å². The van der Waals surface area contributed by atoms with E-state index in [-0.39, 0.29) is 17.3 Å². The van der Waals surface area contributed by atoms with Crippen molar-refractivity contribution in [3.05, 3.63) is 94.5 Å². The molecule has 3 aromatic carbocycles. The minimum atomic E-state index is -4.15. The van der Waals surface area contributed by atoms with Crippen LogP contribution in [0.5, 0.6) is 0 Å². The number of hydrogen-bond donors (Lipinski definition) is 1. The molecule has 3 aromatic rings. The van der Waals surface area contributed by atoms with Gasteiger partial charge in [0.05, 0.1) is 10.6 Å². The third kappa shape index (κ3) is 7.86. The third-order valence-corrected chi connectivity index (χ3v) is 8.73. The van der Waals surface area contributed by atoms with Gasteiger partial charge in [-0.05, 0) is 83.4 Å². The van der Waals surface area contributed by atoms with E-state index in [1.807, 2.05) is 58.0 Å². The maximum Gasteiger partial charge on any atom is 0.264 e. The monoisotopic (exact) mass is 583 g/mol. The number of nitrogens with one attached hydrogen (secondary N) is 1. The standard InChI is InChI=1S/C31H38ClN3O4S/c1-22-15-17-26(18-16-22)40(38,39)35(28-14-10-13-27(32)23(28)2)21-29(36)34(20-19-25-11-8-7-9-12-25)24(3)30(37)33-31(4,5)6/h7-18,24H,19-21H2,1-6H3,(H,33,37). The molecule has 214 valence electrons. The SMILES string of the molecule is Cc1ccc(S(=O)(=O)N(CC(=O)N(CCc2ccccc2)C(C)C(=O)NC(C)(C)C)c2cccc(Cl)c2C)cc1. The van der Waals surface area contributed by atoms with Crippen LogP contribution < -0.4 is 9.62 Å². The molecule has 9 heteroatoms. The first kappa shape index (κ1) is 31.2. The molecule has 0 aliphatic heterocycles. The second kappa shape index (κ2) is 12.9. The number of nitrogens with zero attached hydrogens (tertiary/aromatic N) is 2. The minimum Gasteiger partial charge on any atom is -0.350 e. The summed E-state index contributed by atoms with van der Waals surface area (Å²) in [5.74, 6) is -0.816. The molecular formula is C31H38ClN3O4S. The lowest BCUT2D eigenvalue weighted by atomic mass is 10.1. The summed E-state index contributed by atoms with van der Waals surface area (Å²) in [5, 5.41) is 3.32. The van der Waals surface area contributed by atoms with Crippen molar-refractivity contribution < 1.29 is 18.0 Å². The maximum atomic E-state index is 14.0. The molecule has 0 bridgehead atoms. The number of sulfonamides is 1. The Hall–Kier alpha value is -3.36. The first-order valence-electron chi connectivity index (χ1n) is 13.2. The van der Waals surface area contributed by atoms with Crippen molar-refractivity contribution in [2.75, 3.05) is 17.4 Å². The number of halogens is 1. The summed E-state index contributed by atoms with van der Waals surface area (Å²) < 4.78 is 29.0. The highest BCUT2D eigenvalue weighted by atomic mass is 35.5. The molecule has 0 saturated carbocycles. The van der Waals surface area contributed by atoms with Crippen LogP contribution in [-0.2, 0) is 26.0 Å². The number of amides is 2. The molecule has 2 amide bonds. The summed E-state index contributed by atoms with van der Waals surface area (Å²) in [6, 6.07) is 20.2. The van der Waals surface area contributed by atoms with Gasteiger partial charge in [-0.3, -0.25) is 13.9 Å². The largest absolute Gasteiger partial charge is 0.350 e. The highest BCUT2D eigenvalue weighted by Gasteiger charge is 2.33. The van der Waals surface area contributed by atoms with Gasteiger partial charge in [-0.2, -0.15) is 0 Å². The van der Waals surface area contributed by atoms with Crippen LogP contribution >= 0.6 is 11.6 Å². The molecule has 0 aliphatic rings. The van der Waals surface area contributed by atoms with Crippen molar-refractivity contribution in [3.63, 3.8) is 0 Å². The van der Waals surface area contributed by atoms with Gasteiger partial charge in [-0.15, -0.1) is 0 Å². The fraction of sp³-hybridized carbons (Fsp3) is 0.355. The third-order valence-electron chi connectivity index (χ3n) is 6.55. The molecule has 0 radical (unpaired) electrons. The van der Waals surface area contributed by atoms with E-state index >= 15 is 0 Å². The van der Waals surface area contributed by atoms with E-state index in [1.54, 1.807) is 44.2 Å². The summed E-state index contributed by atoms with van der Waals surface area (Å²) in [6.07, 6.45) is 0.501. The van der Waals surface area contributed by atoms with E-state index in [1.165, 1.54) is 17.0 Å². The maximum absolute atomic E-state index is 14.0. The molecule has 0 saturated heterocycles. The highest BCUT2D eigenvalue weighted by molar-refractivity contribution is 7.92. The Bertz CT molecular complexity index is 1440. The number of anilines is 1. The van der Waals surface area contributed by atoms with Gasteiger partial charge >= 0.3 is 0 Å². The molecular weight excluding hydrogens is 546 g/mol. The molecule has 1 atom stereocenters. The Morgan fingerprint density at radius 2 is 1.55 bits per heavy atom. The number of carbonyl (C=O) groups is 2. The van der Waals surface area contributed by atoms with Gasteiger partial charge in [0.2, 0.25) is 11.8 Å². The molecule has 1 N–H and O–H groups in total. The summed E-state index contributed by atoms with van der Waals surface area (Å²) in [7, 11) is -4.15. The van der Waals surface area contributed by atoms with Crippen LogP contribution in [0.25, 0.3) is 0 Å². The van der Waals surface area contributed by atoms with Crippen LogP contribution in [0.1, 0.15) is 44.4 Å². The van der Waals surface area contributed by atoms with Crippen molar-refractivity contribution in [1.29, 1.82) is 0 Å². The summed E-state index contributed by atoms with van der Waals surface area (Å²) in [5.41, 5.74) is 2.24. The summed E-state index contributed by atoms with van der Waals surface area (Å²) in [4.78, 5) is 28.7. The molecule has 0 heterocycles. The lowest BCUT2D eigenvalue weighted by Gasteiger charge is -2.34. The average Bonchev–Trinajstić information content (AvgIpc) is 2.89. The van der Waals surface area contributed by atoms with Crippen LogP contribution in [0.15, 0.2) is 77.7 Å². The van der Waals surface area contributed by atoms with Crippen LogP contribution in [0.2, 0.25) is 5.02 Å². The van der Waals surface area contributed by atoms with E-state index in [4.69, 9.17) is 11.6 Å². The second-order valence-corrected chi connectivity index (χ2v) is 13.2. The minimum absolute atomic E-state index is 0.0552. The number of hydrogen-bond acceptors (Lipinski definition) is 4. The quantitative estimate of drug-likeness (QED) is 0.340. The second-order valence-electron chi connectivity index (χ2n) is 10.9. The summed E-state index contributed by atoms with van der Waals surface area (Å²) in [6.45, 7) is 10.6. The average molecular weight is 584 g/mol. The molecule has 40 heavy (non-hydrogen) atoms. The van der Waals surface area contributed by atoms with E-state index < -0.39 is 34.1 Å². The fourth-order valence-electron chi connectivity index (χ4n) is 4.26. The number of benzene rings is 3. The van der Waals surface area contributed by atoms with E-state index in [0.29, 0.717) is 22.7 Å². The Morgan fingerprint density at radius 3 is 2.15 bits per heavy atom. The highest BCUT2D eigenvalue weighted by Crippen LogP contribution is 2.31. The number of rotatable bonds is 10. The first-order chi connectivity index (χ1) is 18.7. The van der Waals surface area contributed by atoms with Crippen molar-refractivity contribution in [3.8, 4) is 0 Å². The molecule has 0 aliphatic carbocycles. The Kier molecular flexibility index (Phi) is 10.0. The molecule has 1 unspecified atom stereocenters. The zero-order valence-electron chi connectivity index (χ0n) is 23.9. The zero-order valence-corrected chi connectivity index (χ0v) is 25.5. The normalized spacial score (nSPS) is 12.5. The fourth-order valence-corrected chi connectivity index (χ4v) is 5.90. The number of aryl methyl sites for hydroxylation is 1. The van der Waals surface area contributed by atoms with E-state index in [2.05, 4.69) is 5.32 Å². The first-order valence-corrected chi connectivity index (χ1v) is 15.0. The smallest absolute Gasteiger partial charge is 0.264 e. The Morgan fingerprint density at radius 1 is 0.925 bits per heavy atom. The lowest BCUT2D eigenvalue weighted by Crippen LogP contribution is -2.55. The molecule has 0 fully saturated rings. The van der Waals surface area contributed by atoms with Crippen LogP contribution in [-0.4, -0.2) is 49.8 Å². The van der Waals surface area contributed by atoms with Crippen LogP contribution in [0.4, 0.5) is 5.69 Å².